The standard InChI is InChI=1S/C13H9BrClN3O/c14-8-6-7(15)4-5-10(8)17-13-18-12-9(16)2-1-3-11(12)19-13/h1-6H,16H2,(H,17,18). The third-order valence-electron chi connectivity index (χ3n) is 2.62. The zero-order valence-corrected chi connectivity index (χ0v) is 12.0. The largest absolute Gasteiger partial charge is 0.423 e. The Balaban J connectivity index is 1.99. The zero-order valence-electron chi connectivity index (χ0n) is 9.65. The van der Waals surface area contributed by atoms with E-state index in [-0.39, 0.29) is 0 Å². The van der Waals surface area contributed by atoms with Gasteiger partial charge < -0.3 is 15.5 Å². The van der Waals surface area contributed by atoms with E-state index in [0.717, 1.165) is 10.2 Å². The topological polar surface area (TPSA) is 64.1 Å². The lowest BCUT2D eigenvalue weighted by atomic mass is 10.3. The van der Waals surface area contributed by atoms with Gasteiger partial charge in [-0.3, -0.25) is 0 Å². The molecule has 0 saturated heterocycles. The van der Waals surface area contributed by atoms with Gasteiger partial charge in [-0.25, -0.2) is 0 Å². The van der Waals surface area contributed by atoms with Crippen molar-refractivity contribution in [1.29, 1.82) is 0 Å². The summed E-state index contributed by atoms with van der Waals surface area (Å²) in [7, 11) is 0. The maximum absolute atomic E-state index is 5.89. The number of aromatic nitrogens is 1. The lowest BCUT2D eigenvalue weighted by Crippen LogP contribution is -1.91. The number of fused-ring (bicyclic) bond motifs is 1. The number of rotatable bonds is 2. The lowest BCUT2D eigenvalue weighted by Gasteiger charge is -2.04. The first-order valence-electron chi connectivity index (χ1n) is 5.50. The second-order valence-corrected chi connectivity index (χ2v) is 5.25. The Kier molecular flexibility index (Phi) is 3.08. The van der Waals surface area contributed by atoms with E-state index in [0.29, 0.717) is 27.8 Å². The van der Waals surface area contributed by atoms with Gasteiger partial charge in [0.2, 0.25) is 0 Å². The molecule has 2 aromatic carbocycles. The molecule has 96 valence electrons. The number of benzene rings is 2. The minimum atomic E-state index is 0.385. The van der Waals surface area contributed by atoms with Crippen molar-refractivity contribution >= 4 is 56.0 Å². The summed E-state index contributed by atoms with van der Waals surface area (Å²) in [5, 5.41) is 3.73. The second-order valence-electron chi connectivity index (χ2n) is 3.96. The Bertz CT molecular complexity index is 757. The highest BCUT2D eigenvalue weighted by atomic mass is 79.9. The van der Waals surface area contributed by atoms with E-state index in [2.05, 4.69) is 26.2 Å². The van der Waals surface area contributed by atoms with Crippen LogP contribution in [0.25, 0.3) is 11.1 Å². The highest BCUT2D eigenvalue weighted by molar-refractivity contribution is 9.10. The number of hydrogen-bond donors (Lipinski definition) is 2. The summed E-state index contributed by atoms with van der Waals surface area (Å²) in [6, 6.07) is 11.2. The molecule has 3 aromatic rings. The summed E-state index contributed by atoms with van der Waals surface area (Å²) in [5.74, 6) is 0. The highest BCUT2D eigenvalue weighted by Gasteiger charge is 2.09. The monoisotopic (exact) mass is 337 g/mol. The van der Waals surface area contributed by atoms with Gasteiger partial charge in [-0.1, -0.05) is 17.7 Å². The number of hydrogen-bond acceptors (Lipinski definition) is 4. The molecule has 0 amide bonds. The van der Waals surface area contributed by atoms with Crippen LogP contribution < -0.4 is 11.1 Å². The molecular weight excluding hydrogens is 330 g/mol. The van der Waals surface area contributed by atoms with Gasteiger partial charge in [-0.2, -0.15) is 4.98 Å². The van der Waals surface area contributed by atoms with Crippen LogP contribution in [0.3, 0.4) is 0 Å². The molecule has 1 heterocycles. The van der Waals surface area contributed by atoms with Crippen molar-refractivity contribution in [3.63, 3.8) is 0 Å². The number of halogens is 2. The molecule has 0 aliphatic carbocycles. The van der Waals surface area contributed by atoms with Crippen LogP contribution in [0.15, 0.2) is 45.3 Å². The normalized spacial score (nSPS) is 10.8. The zero-order chi connectivity index (χ0) is 13.4. The van der Waals surface area contributed by atoms with E-state index >= 15 is 0 Å². The van der Waals surface area contributed by atoms with E-state index < -0.39 is 0 Å². The van der Waals surface area contributed by atoms with Crippen LogP contribution in [0.2, 0.25) is 5.02 Å². The molecule has 0 saturated carbocycles. The van der Waals surface area contributed by atoms with Gasteiger partial charge >= 0.3 is 0 Å². The van der Waals surface area contributed by atoms with Crippen LogP contribution in [-0.2, 0) is 0 Å². The Morgan fingerprint density at radius 2 is 2.11 bits per heavy atom. The van der Waals surface area contributed by atoms with Crippen LogP contribution in [-0.4, -0.2) is 4.98 Å². The van der Waals surface area contributed by atoms with Crippen LogP contribution >= 0.6 is 27.5 Å². The van der Waals surface area contributed by atoms with Gasteiger partial charge in [0.15, 0.2) is 5.58 Å². The molecule has 4 nitrogen and oxygen atoms in total. The van der Waals surface area contributed by atoms with Crippen molar-refractivity contribution in [1.82, 2.24) is 4.98 Å². The summed E-state index contributed by atoms with van der Waals surface area (Å²) in [6.07, 6.45) is 0. The van der Waals surface area contributed by atoms with Crippen molar-refractivity contribution in [2.24, 2.45) is 0 Å². The first kappa shape index (κ1) is 12.3. The van der Waals surface area contributed by atoms with Crippen molar-refractivity contribution in [3.05, 3.63) is 45.9 Å². The quantitative estimate of drug-likeness (QED) is 0.672. The molecule has 3 N–H and O–H groups in total. The molecule has 0 radical (unpaired) electrons. The predicted octanol–water partition coefficient (Wildman–Crippen LogP) is 4.57. The van der Waals surface area contributed by atoms with Crippen LogP contribution in [0.5, 0.6) is 0 Å². The number of para-hydroxylation sites is 1. The van der Waals surface area contributed by atoms with E-state index in [9.17, 15) is 0 Å². The molecule has 6 heteroatoms. The van der Waals surface area contributed by atoms with Gasteiger partial charge in [0.25, 0.3) is 6.01 Å². The van der Waals surface area contributed by atoms with Crippen LogP contribution in [0, 0.1) is 0 Å². The fourth-order valence-electron chi connectivity index (χ4n) is 1.73. The third-order valence-corrected chi connectivity index (χ3v) is 3.51. The van der Waals surface area contributed by atoms with Crippen molar-refractivity contribution < 1.29 is 4.42 Å². The van der Waals surface area contributed by atoms with E-state index in [4.69, 9.17) is 21.8 Å². The lowest BCUT2D eigenvalue weighted by molar-refractivity contribution is 0.623. The van der Waals surface area contributed by atoms with E-state index in [1.54, 1.807) is 18.2 Å². The van der Waals surface area contributed by atoms with Crippen molar-refractivity contribution in [2.45, 2.75) is 0 Å². The Morgan fingerprint density at radius 1 is 1.26 bits per heavy atom. The van der Waals surface area contributed by atoms with E-state index in [1.165, 1.54) is 0 Å². The molecule has 19 heavy (non-hydrogen) atoms. The maximum atomic E-state index is 5.89. The molecule has 1 aromatic heterocycles. The predicted molar refractivity (Wildman–Crippen MR) is 80.9 cm³/mol. The summed E-state index contributed by atoms with van der Waals surface area (Å²) in [5.41, 5.74) is 8.53. The summed E-state index contributed by atoms with van der Waals surface area (Å²) in [6.45, 7) is 0. The molecule has 0 fully saturated rings. The van der Waals surface area contributed by atoms with Gasteiger partial charge in [0.05, 0.1) is 11.4 Å². The Labute approximate surface area is 122 Å². The number of nitrogen functional groups attached to an aromatic ring is 1. The number of nitrogens with two attached hydrogens (primary N) is 1. The average molecular weight is 339 g/mol. The molecular formula is C13H9BrClN3O. The SMILES string of the molecule is Nc1cccc2oc(Nc3ccc(Cl)cc3Br)nc12. The third kappa shape index (κ3) is 2.39. The molecule has 0 aliphatic rings. The molecule has 0 spiro atoms. The number of nitrogens with one attached hydrogen (secondary N) is 1. The minimum Gasteiger partial charge on any atom is -0.423 e. The minimum absolute atomic E-state index is 0.385. The molecule has 0 atom stereocenters. The number of anilines is 3. The second kappa shape index (κ2) is 4.75. The molecule has 0 bridgehead atoms. The summed E-state index contributed by atoms with van der Waals surface area (Å²) < 4.78 is 6.41. The highest BCUT2D eigenvalue weighted by Crippen LogP contribution is 2.30. The Hall–Kier alpha value is -1.72. The van der Waals surface area contributed by atoms with Gasteiger partial charge in [-0.15, -0.1) is 0 Å². The van der Waals surface area contributed by atoms with E-state index in [1.807, 2.05) is 18.2 Å². The molecule has 3 rings (SSSR count). The fourth-order valence-corrected chi connectivity index (χ4v) is 2.51. The van der Waals surface area contributed by atoms with Crippen molar-refractivity contribution in [2.75, 3.05) is 11.1 Å². The number of oxazole rings is 1. The van der Waals surface area contributed by atoms with Crippen LogP contribution in [0.1, 0.15) is 0 Å². The fraction of sp³-hybridized carbons (Fsp3) is 0. The van der Waals surface area contributed by atoms with Gasteiger partial charge in [-0.05, 0) is 46.3 Å². The summed E-state index contributed by atoms with van der Waals surface area (Å²) >= 11 is 9.31. The first-order chi connectivity index (χ1) is 9.13. The average Bonchev–Trinajstić information content (AvgIpc) is 2.77. The van der Waals surface area contributed by atoms with Gasteiger partial charge in [0, 0.05) is 9.50 Å². The first-order valence-corrected chi connectivity index (χ1v) is 6.68. The Morgan fingerprint density at radius 3 is 2.84 bits per heavy atom. The summed E-state index contributed by atoms with van der Waals surface area (Å²) in [4.78, 5) is 4.31. The number of nitrogens with zero attached hydrogens (tertiary/aromatic N) is 1. The molecule has 0 aliphatic heterocycles. The van der Waals surface area contributed by atoms with Crippen molar-refractivity contribution in [3.8, 4) is 0 Å². The van der Waals surface area contributed by atoms with Gasteiger partial charge in [0.1, 0.15) is 5.52 Å². The molecule has 0 unspecified atom stereocenters. The smallest absolute Gasteiger partial charge is 0.300 e. The van der Waals surface area contributed by atoms with Crippen LogP contribution in [0.4, 0.5) is 17.4 Å². The maximum Gasteiger partial charge on any atom is 0.300 e.